The van der Waals surface area contributed by atoms with Gasteiger partial charge in [-0.25, -0.2) is 0 Å². The zero-order chi connectivity index (χ0) is 16.5. The van der Waals surface area contributed by atoms with Gasteiger partial charge in [0, 0.05) is 31.9 Å². The summed E-state index contributed by atoms with van der Waals surface area (Å²) in [6.45, 7) is 7.48. The molecule has 2 N–H and O–H groups in total. The molecule has 4 heteroatoms. The second-order valence-corrected chi connectivity index (χ2v) is 5.00. The van der Waals surface area contributed by atoms with E-state index in [0.29, 0.717) is 12.3 Å². The topological polar surface area (TPSA) is 61.7 Å². The van der Waals surface area contributed by atoms with Gasteiger partial charge < -0.3 is 10.4 Å². The Labute approximate surface area is 134 Å². The van der Waals surface area contributed by atoms with Gasteiger partial charge in [0.25, 0.3) is 0 Å². The molecular weight excluding hydrogens is 276 g/mol. The second kappa shape index (κ2) is 15.4. The summed E-state index contributed by atoms with van der Waals surface area (Å²) in [7, 11) is 0. The molecule has 0 bridgehead atoms. The Kier molecular flexibility index (Phi) is 14.1. The predicted molar refractivity (Wildman–Crippen MR) is 94.2 cm³/mol. The van der Waals surface area contributed by atoms with Crippen LogP contribution in [0.15, 0.2) is 54.2 Å². The zero-order valence-electron chi connectivity index (χ0n) is 13.4. The van der Waals surface area contributed by atoms with Gasteiger partial charge in [-0.2, -0.15) is 0 Å². The number of nitrogens with one attached hydrogen (secondary N) is 1. The van der Waals surface area contributed by atoms with Crippen LogP contribution in [-0.2, 0) is 4.79 Å². The molecule has 1 atom stereocenters. The lowest BCUT2D eigenvalue weighted by Crippen LogP contribution is -2.19. The minimum absolute atomic E-state index is 0.240. The average molecular weight is 304 g/mol. The Bertz CT molecular complexity index is 409. The number of carbonyl (C=O) groups is 1. The number of carboxylic acid groups (broad SMARTS) is 1. The van der Waals surface area contributed by atoms with Gasteiger partial charge >= 0.3 is 5.97 Å². The summed E-state index contributed by atoms with van der Waals surface area (Å²) in [5, 5.41) is 11.8. The Hall–Kier alpha value is -1.94. The summed E-state index contributed by atoms with van der Waals surface area (Å²) < 4.78 is 0. The molecule has 0 aliphatic carbocycles. The van der Waals surface area contributed by atoms with E-state index in [4.69, 9.17) is 5.11 Å². The molecule has 0 aliphatic heterocycles. The highest BCUT2D eigenvalue weighted by molar-refractivity contribution is 5.66. The second-order valence-electron chi connectivity index (χ2n) is 5.00. The summed E-state index contributed by atoms with van der Waals surface area (Å²) in [5.41, 5.74) is 0. The number of nitrogens with zero attached hydrogens (tertiary/aromatic N) is 1. The van der Waals surface area contributed by atoms with Crippen molar-refractivity contribution >= 4 is 12.2 Å². The van der Waals surface area contributed by atoms with Gasteiger partial charge in [0.05, 0.1) is 0 Å². The van der Waals surface area contributed by atoms with E-state index in [-0.39, 0.29) is 6.42 Å². The molecule has 22 heavy (non-hydrogen) atoms. The smallest absolute Gasteiger partial charge is 0.303 e. The first-order valence-electron chi connectivity index (χ1n) is 7.72. The lowest BCUT2D eigenvalue weighted by atomic mass is 10.2. The Morgan fingerprint density at radius 1 is 1.32 bits per heavy atom. The SMILES string of the molecule is C=C/C=C\C=C\CNCC(C)/C=C/N=C/CCCCC(=O)O. The van der Waals surface area contributed by atoms with Crippen LogP contribution < -0.4 is 5.32 Å². The molecule has 0 saturated carbocycles. The van der Waals surface area contributed by atoms with E-state index >= 15 is 0 Å². The molecule has 0 aromatic heterocycles. The monoisotopic (exact) mass is 304 g/mol. The molecule has 1 unspecified atom stereocenters. The Morgan fingerprint density at radius 3 is 2.86 bits per heavy atom. The van der Waals surface area contributed by atoms with Crippen LogP contribution in [-0.4, -0.2) is 30.4 Å². The van der Waals surface area contributed by atoms with Crippen LogP contribution in [0.1, 0.15) is 32.6 Å². The highest BCUT2D eigenvalue weighted by Gasteiger charge is 1.95. The number of allylic oxidation sites excluding steroid dienone is 4. The lowest BCUT2D eigenvalue weighted by molar-refractivity contribution is -0.137. The highest BCUT2D eigenvalue weighted by atomic mass is 16.4. The molecule has 0 heterocycles. The molecule has 0 spiro atoms. The quantitative estimate of drug-likeness (QED) is 0.309. The summed E-state index contributed by atoms with van der Waals surface area (Å²) in [6, 6.07) is 0. The average Bonchev–Trinajstić information content (AvgIpc) is 2.48. The molecule has 0 rings (SSSR count). The molecule has 0 fully saturated rings. The molecule has 0 aromatic carbocycles. The van der Waals surface area contributed by atoms with E-state index in [9.17, 15) is 4.79 Å². The van der Waals surface area contributed by atoms with Crippen LogP contribution in [0, 0.1) is 5.92 Å². The van der Waals surface area contributed by atoms with Crippen LogP contribution >= 0.6 is 0 Å². The lowest BCUT2D eigenvalue weighted by Gasteiger charge is -2.05. The van der Waals surface area contributed by atoms with Crippen molar-refractivity contribution < 1.29 is 9.90 Å². The summed E-state index contributed by atoms with van der Waals surface area (Å²) in [4.78, 5) is 14.5. The molecule has 0 amide bonds. The minimum Gasteiger partial charge on any atom is -0.481 e. The van der Waals surface area contributed by atoms with Gasteiger partial charge in [0.1, 0.15) is 0 Å². The van der Waals surface area contributed by atoms with E-state index in [2.05, 4.69) is 36.0 Å². The van der Waals surface area contributed by atoms with Crippen LogP contribution in [0.2, 0.25) is 0 Å². The van der Waals surface area contributed by atoms with E-state index in [1.807, 2.05) is 30.6 Å². The number of unbranched alkanes of at least 4 members (excludes halogenated alkanes) is 2. The molecule has 0 radical (unpaired) electrons. The van der Waals surface area contributed by atoms with Crippen LogP contribution in [0.5, 0.6) is 0 Å². The fraction of sp³-hybridized carbons (Fsp3) is 0.444. The van der Waals surface area contributed by atoms with E-state index in [1.165, 1.54) is 0 Å². The molecular formula is C18H28N2O2. The Balaban J connectivity index is 3.59. The van der Waals surface area contributed by atoms with E-state index in [1.54, 1.807) is 6.08 Å². The van der Waals surface area contributed by atoms with Gasteiger partial charge in [0.15, 0.2) is 0 Å². The van der Waals surface area contributed by atoms with Gasteiger partial charge in [-0.05, 0) is 25.2 Å². The van der Waals surface area contributed by atoms with Crippen molar-refractivity contribution in [3.63, 3.8) is 0 Å². The van der Waals surface area contributed by atoms with Crippen molar-refractivity contribution in [2.75, 3.05) is 13.1 Å². The Morgan fingerprint density at radius 2 is 2.14 bits per heavy atom. The fourth-order valence-electron chi connectivity index (χ4n) is 1.60. The van der Waals surface area contributed by atoms with Crippen LogP contribution in [0.4, 0.5) is 0 Å². The fourth-order valence-corrected chi connectivity index (χ4v) is 1.60. The first kappa shape index (κ1) is 20.1. The normalized spacial score (nSPS) is 13.7. The first-order valence-corrected chi connectivity index (χ1v) is 7.72. The first-order chi connectivity index (χ1) is 10.7. The number of hydrogen-bond acceptors (Lipinski definition) is 3. The molecule has 4 nitrogen and oxygen atoms in total. The summed E-state index contributed by atoms with van der Waals surface area (Å²) in [5.74, 6) is -0.314. The maximum atomic E-state index is 10.3. The van der Waals surface area contributed by atoms with Crippen LogP contribution in [0.25, 0.3) is 0 Å². The van der Waals surface area contributed by atoms with Crippen molar-refractivity contribution in [2.45, 2.75) is 32.6 Å². The van der Waals surface area contributed by atoms with Crippen molar-refractivity contribution in [1.29, 1.82) is 0 Å². The van der Waals surface area contributed by atoms with Crippen molar-refractivity contribution in [3.8, 4) is 0 Å². The largest absolute Gasteiger partial charge is 0.481 e. The third-order valence-electron chi connectivity index (χ3n) is 2.80. The van der Waals surface area contributed by atoms with E-state index in [0.717, 1.165) is 25.9 Å². The van der Waals surface area contributed by atoms with Gasteiger partial charge in [0.2, 0.25) is 0 Å². The maximum Gasteiger partial charge on any atom is 0.303 e. The minimum atomic E-state index is -0.732. The summed E-state index contributed by atoms with van der Waals surface area (Å²) in [6.07, 6.45) is 18.0. The molecule has 0 saturated heterocycles. The number of rotatable bonds is 13. The van der Waals surface area contributed by atoms with Crippen molar-refractivity contribution in [1.82, 2.24) is 5.32 Å². The third kappa shape index (κ3) is 16.1. The van der Waals surface area contributed by atoms with Crippen molar-refractivity contribution in [2.24, 2.45) is 10.9 Å². The number of carboxylic acids is 1. The molecule has 0 aromatic rings. The number of aliphatic imine (C=N–C) groups is 1. The summed E-state index contributed by atoms with van der Waals surface area (Å²) >= 11 is 0. The zero-order valence-corrected chi connectivity index (χ0v) is 13.4. The van der Waals surface area contributed by atoms with Crippen LogP contribution in [0.3, 0.4) is 0 Å². The highest BCUT2D eigenvalue weighted by Crippen LogP contribution is 1.98. The maximum absolute atomic E-state index is 10.3. The van der Waals surface area contributed by atoms with Crippen molar-refractivity contribution in [3.05, 3.63) is 49.2 Å². The van der Waals surface area contributed by atoms with Gasteiger partial charge in [-0.1, -0.05) is 50.0 Å². The molecule has 122 valence electrons. The van der Waals surface area contributed by atoms with Gasteiger partial charge in [-0.15, -0.1) is 0 Å². The van der Waals surface area contributed by atoms with E-state index < -0.39 is 5.97 Å². The molecule has 0 aliphatic rings. The predicted octanol–water partition coefficient (Wildman–Crippen LogP) is 3.74. The van der Waals surface area contributed by atoms with Gasteiger partial charge in [-0.3, -0.25) is 9.79 Å². The number of hydrogen-bond donors (Lipinski definition) is 2. The standard InChI is InChI=1S/C18H28N2O2/c1-3-4-5-6-9-14-20-16-17(2)12-15-19-13-10-7-8-11-18(21)22/h3-6,9,12-13,15,17,20H,1,7-8,10-11,14,16H2,2H3,(H,21,22)/b5-4-,9-6+,15-12+,19-13+. The third-order valence-corrected chi connectivity index (χ3v) is 2.80. The number of aliphatic carboxylic acids is 1.